The molecule has 0 bridgehead atoms. The van der Waals surface area contributed by atoms with Crippen molar-refractivity contribution >= 4 is 44.5 Å². The van der Waals surface area contributed by atoms with E-state index < -0.39 is 27.0 Å². The highest BCUT2D eigenvalue weighted by Crippen LogP contribution is 2.43. The second-order valence-electron chi connectivity index (χ2n) is 9.77. The Morgan fingerprint density at radius 3 is 2.50 bits per heavy atom. The zero-order chi connectivity index (χ0) is 28.3. The molecule has 2 aromatic carbocycles. The van der Waals surface area contributed by atoms with Gasteiger partial charge in [0.2, 0.25) is 0 Å². The van der Waals surface area contributed by atoms with E-state index >= 15 is 0 Å². The van der Waals surface area contributed by atoms with Crippen molar-refractivity contribution in [3.8, 4) is 0 Å². The van der Waals surface area contributed by atoms with Gasteiger partial charge in [-0.15, -0.1) is 0 Å². The summed E-state index contributed by atoms with van der Waals surface area (Å²) < 4.78 is 31.2. The summed E-state index contributed by atoms with van der Waals surface area (Å²) in [4.78, 5) is 28.2. The highest BCUT2D eigenvalue weighted by atomic mass is 32.2. The van der Waals surface area contributed by atoms with Gasteiger partial charge in [0, 0.05) is 54.7 Å². The molecule has 10 heteroatoms. The Morgan fingerprint density at radius 2 is 1.84 bits per heavy atom. The average molecular weight is 540 g/mol. The lowest BCUT2D eigenvalue weighted by Gasteiger charge is -2.43. The lowest BCUT2D eigenvalue weighted by atomic mass is 9.64. The number of carbonyl (C=O) groups excluding carboxylic acids is 2. The highest BCUT2D eigenvalue weighted by molar-refractivity contribution is 7.89. The van der Waals surface area contributed by atoms with Crippen LogP contribution in [0.15, 0.2) is 81.8 Å². The lowest BCUT2D eigenvalue weighted by Crippen LogP contribution is -2.51. The first-order valence-corrected chi connectivity index (χ1v) is 13.4. The summed E-state index contributed by atoms with van der Waals surface area (Å²) in [5.74, 6) is -0.778. The van der Waals surface area contributed by atoms with Gasteiger partial charge in [-0.1, -0.05) is 37.3 Å². The smallest absolute Gasteiger partial charge is 0.330 e. The summed E-state index contributed by atoms with van der Waals surface area (Å²) in [7, 11) is 0.928. The first-order valence-electron chi connectivity index (χ1n) is 11.9. The Balaban J connectivity index is 1.97. The number of aliphatic hydroxyl groups is 1. The van der Waals surface area contributed by atoms with Crippen LogP contribution in [0.1, 0.15) is 27.2 Å². The summed E-state index contributed by atoms with van der Waals surface area (Å²) in [5, 5.41) is 17.0. The van der Waals surface area contributed by atoms with Crippen LogP contribution in [0.3, 0.4) is 0 Å². The minimum absolute atomic E-state index is 0.0514. The van der Waals surface area contributed by atoms with Gasteiger partial charge in [-0.25, -0.2) is 9.63 Å². The third kappa shape index (κ3) is 5.71. The van der Waals surface area contributed by atoms with Gasteiger partial charge in [0.1, 0.15) is 5.60 Å². The zero-order valence-electron chi connectivity index (χ0n) is 22.3. The number of nitrogens with one attached hydrogen (secondary N) is 1. The van der Waals surface area contributed by atoms with Gasteiger partial charge in [0.25, 0.3) is 10.0 Å². The molecule has 0 heterocycles. The molecule has 0 radical (unpaired) electrons. The van der Waals surface area contributed by atoms with Crippen LogP contribution in [0.25, 0.3) is 10.8 Å². The van der Waals surface area contributed by atoms with E-state index in [-0.39, 0.29) is 17.1 Å². The van der Waals surface area contributed by atoms with E-state index in [1.807, 2.05) is 31.1 Å². The highest BCUT2D eigenvalue weighted by Gasteiger charge is 2.49. The number of carbonyl (C=O) groups is 2. The summed E-state index contributed by atoms with van der Waals surface area (Å²) in [5.41, 5.74) is -1.22. The number of sulfonamides is 1. The number of benzene rings is 2. The quantitative estimate of drug-likeness (QED) is 0.173. The molecular weight excluding hydrogens is 506 g/mol. The molecule has 1 aliphatic carbocycles. The van der Waals surface area contributed by atoms with E-state index in [9.17, 15) is 23.1 Å². The number of fused-ring (bicyclic) bond motifs is 1. The first-order chi connectivity index (χ1) is 17.7. The number of methoxy groups -OCH3 is 1. The van der Waals surface area contributed by atoms with Crippen LogP contribution in [0.5, 0.6) is 0 Å². The van der Waals surface area contributed by atoms with Crippen LogP contribution < -0.4 is 9.73 Å². The maximum atomic E-state index is 13.3. The fourth-order valence-corrected chi connectivity index (χ4v) is 5.55. The normalized spacial score (nSPS) is 22.7. The summed E-state index contributed by atoms with van der Waals surface area (Å²) in [6, 6.07) is 10.4. The number of hydrogen-bond acceptors (Lipinski definition) is 8. The Morgan fingerprint density at radius 1 is 1.18 bits per heavy atom. The van der Waals surface area contributed by atoms with Gasteiger partial charge in [0.05, 0.1) is 12.0 Å². The van der Waals surface area contributed by atoms with Crippen molar-refractivity contribution in [2.24, 2.45) is 10.5 Å². The van der Waals surface area contributed by atoms with Gasteiger partial charge in [-0.3, -0.25) is 4.79 Å². The maximum Gasteiger partial charge on any atom is 0.330 e. The van der Waals surface area contributed by atoms with Crippen molar-refractivity contribution in [2.45, 2.75) is 37.7 Å². The molecule has 1 aliphatic rings. The number of hydrazone groups is 1. The molecular formula is C28H33N3O6S. The molecule has 0 aromatic heterocycles. The molecule has 2 aromatic rings. The fraction of sp³-hybridized carbons (Fsp3) is 0.321. The van der Waals surface area contributed by atoms with Crippen molar-refractivity contribution in [3.05, 3.63) is 71.8 Å². The fourth-order valence-electron chi connectivity index (χ4n) is 4.54. The van der Waals surface area contributed by atoms with E-state index in [0.29, 0.717) is 16.5 Å². The predicted molar refractivity (Wildman–Crippen MR) is 148 cm³/mol. The van der Waals surface area contributed by atoms with Gasteiger partial charge in [-0.2, -0.15) is 13.5 Å². The van der Waals surface area contributed by atoms with Crippen molar-refractivity contribution in [1.29, 1.82) is 0 Å². The molecule has 2 atom stereocenters. The zero-order valence-corrected chi connectivity index (χ0v) is 23.2. The third-order valence-corrected chi connectivity index (χ3v) is 7.96. The lowest BCUT2D eigenvalue weighted by molar-refractivity contribution is -0.134. The number of esters is 1. The molecule has 2 N–H and O–H groups in total. The summed E-state index contributed by atoms with van der Waals surface area (Å²) in [6.45, 7) is 4.88. The number of anilines is 1. The molecule has 0 spiro atoms. The van der Waals surface area contributed by atoms with E-state index in [0.717, 1.165) is 11.1 Å². The number of rotatable bonds is 8. The molecule has 0 amide bonds. The Labute approximate surface area is 223 Å². The minimum atomic E-state index is -4.09. The van der Waals surface area contributed by atoms with Crippen LogP contribution in [0.2, 0.25) is 0 Å². The van der Waals surface area contributed by atoms with Gasteiger partial charge < -0.3 is 14.7 Å². The van der Waals surface area contributed by atoms with Crippen LogP contribution in [0, 0.1) is 5.41 Å². The van der Waals surface area contributed by atoms with Gasteiger partial charge >= 0.3 is 5.97 Å². The van der Waals surface area contributed by atoms with Crippen LogP contribution in [0.4, 0.5) is 5.69 Å². The monoisotopic (exact) mass is 539 g/mol. The van der Waals surface area contributed by atoms with Crippen LogP contribution in [-0.2, 0) is 24.3 Å². The SMILES string of the molecule is COC(=O)/C=C(C)\C=C\[C@@]1(O)C(C)=CC(=O)C[C@]1(C)/C=N/NS(=O)(=O)c1cccc2c(N(C)C)cccc12. The molecule has 202 valence electrons. The molecule has 0 aliphatic heterocycles. The van der Waals surface area contributed by atoms with Crippen molar-refractivity contribution in [3.63, 3.8) is 0 Å². The largest absolute Gasteiger partial charge is 0.466 e. The van der Waals surface area contributed by atoms with E-state index in [4.69, 9.17) is 0 Å². The number of nitrogens with zero attached hydrogens (tertiary/aromatic N) is 2. The number of allylic oxidation sites excluding steroid dienone is 3. The number of ketones is 1. The molecule has 0 unspecified atom stereocenters. The third-order valence-electron chi connectivity index (χ3n) is 6.68. The Hall–Kier alpha value is -3.76. The van der Waals surface area contributed by atoms with Crippen LogP contribution in [-0.4, -0.2) is 58.3 Å². The summed E-state index contributed by atoms with van der Waals surface area (Å²) >= 11 is 0. The standard InChI is InChI=1S/C28H33N3O6S/c1-19(15-26(33)37-6)13-14-28(34)20(2)16-21(32)17-27(28,3)18-29-30-38(35,36)25-12-8-9-22-23(25)10-7-11-24(22)31(4)5/h7-16,18,30,34H,17H2,1-6H3/b14-13+,19-15-,29-18+/t27-,28-/m1/s1. The Kier molecular flexibility index (Phi) is 8.28. The van der Waals surface area contributed by atoms with Gasteiger partial charge in [-0.05, 0) is 49.3 Å². The molecule has 9 nitrogen and oxygen atoms in total. The molecule has 0 saturated heterocycles. The maximum absolute atomic E-state index is 13.3. The van der Waals surface area contributed by atoms with E-state index in [1.165, 1.54) is 37.6 Å². The molecule has 38 heavy (non-hydrogen) atoms. The molecule has 3 rings (SSSR count). The summed E-state index contributed by atoms with van der Waals surface area (Å²) in [6.07, 6.45) is 6.75. The number of ether oxygens (including phenoxy) is 1. The van der Waals surface area contributed by atoms with Crippen molar-refractivity contribution < 1.29 is 27.9 Å². The van der Waals surface area contributed by atoms with Crippen molar-refractivity contribution in [2.75, 3.05) is 26.1 Å². The predicted octanol–water partition coefficient (Wildman–Crippen LogP) is 3.50. The second kappa shape index (κ2) is 10.9. The number of hydrogen-bond donors (Lipinski definition) is 2. The van der Waals surface area contributed by atoms with Gasteiger partial charge in [0.15, 0.2) is 5.78 Å². The van der Waals surface area contributed by atoms with E-state index in [2.05, 4.69) is 14.7 Å². The topological polar surface area (TPSA) is 125 Å². The second-order valence-corrected chi connectivity index (χ2v) is 11.4. The minimum Gasteiger partial charge on any atom is -0.466 e. The van der Waals surface area contributed by atoms with Crippen LogP contribution >= 0.6 is 0 Å². The Bertz CT molecular complexity index is 1490. The first kappa shape index (κ1) is 28.8. The molecule has 0 fully saturated rings. The van der Waals surface area contributed by atoms with Crippen molar-refractivity contribution in [1.82, 2.24) is 4.83 Å². The van der Waals surface area contributed by atoms with E-state index in [1.54, 1.807) is 45.0 Å². The average Bonchev–Trinajstić information content (AvgIpc) is 2.85. The molecule has 0 saturated carbocycles.